The molecule has 1 aromatic heterocycles. The molecule has 3 aromatic rings. The van der Waals surface area contributed by atoms with Crippen molar-refractivity contribution in [3.05, 3.63) is 77.2 Å². The van der Waals surface area contributed by atoms with Gasteiger partial charge in [0.25, 0.3) is 0 Å². The summed E-state index contributed by atoms with van der Waals surface area (Å²) in [6, 6.07) is 18.9. The molecule has 1 amide bonds. The second-order valence-corrected chi connectivity index (χ2v) is 6.70. The van der Waals surface area contributed by atoms with Crippen LogP contribution in [-0.2, 0) is 9.53 Å². The summed E-state index contributed by atoms with van der Waals surface area (Å²) in [7, 11) is 0. The average molecular weight is 349 g/mol. The number of carbonyl (C=O) groups is 2. The Hall–Kier alpha value is -2.92. The van der Waals surface area contributed by atoms with E-state index in [1.807, 2.05) is 53.9 Å². The van der Waals surface area contributed by atoms with Crippen molar-refractivity contribution in [1.82, 2.24) is 0 Å². The number of carbonyl (C=O) groups excluding carboxylic acids is 2. The minimum Gasteiger partial charge on any atom is -0.453 e. The molecule has 0 bridgehead atoms. The van der Waals surface area contributed by atoms with Crippen molar-refractivity contribution >= 4 is 28.9 Å². The Kier molecular flexibility index (Phi) is 4.07. The third kappa shape index (κ3) is 3.06. The zero-order valence-electron chi connectivity index (χ0n) is 13.3. The summed E-state index contributed by atoms with van der Waals surface area (Å²) >= 11 is 1.62. The molecule has 0 radical (unpaired) electrons. The molecule has 1 aliphatic heterocycles. The Morgan fingerprint density at radius 1 is 1.00 bits per heavy atom. The first-order chi connectivity index (χ1) is 12.2. The lowest BCUT2D eigenvalue weighted by Gasteiger charge is -2.13. The van der Waals surface area contributed by atoms with Gasteiger partial charge in [0.2, 0.25) is 5.91 Å². The Morgan fingerprint density at radius 3 is 2.56 bits per heavy atom. The normalized spacial score (nSPS) is 15.5. The predicted molar refractivity (Wildman–Crippen MR) is 97.6 cm³/mol. The van der Waals surface area contributed by atoms with Crippen LogP contribution in [0.3, 0.4) is 0 Å². The Balaban J connectivity index is 1.52. The maximum atomic E-state index is 12.5. The highest BCUT2D eigenvalue weighted by Crippen LogP contribution is 2.34. The monoisotopic (exact) mass is 349 g/mol. The van der Waals surface area contributed by atoms with E-state index in [9.17, 15) is 9.59 Å². The number of esters is 1. The van der Waals surface area contributed by atoms with Crippen molar-refractivity contribution in [3.8, 4) is 10.4 Å². The Bertz CT molecular complexity index is 934. The third-order valence-electron chi connectivity index (χ3n) is 4.14. The van der Waals surface area contributed by atoms with Gasteiger partial charge in [-0.2, -0.15) is 0 Å². The maximum absolute atomic E-state index is 12.5. The van der Waals surface area contributed by atoms with Gasteiger partial charge in [-0.1, -0.05) is 42.5 Å². The molecule has 4 nitrogen and oxygen atoms in total. The fourth-order valence-corrected chi connectivity index (χ4v) is 3.75. The van der Waals surface area contributed by atoms with Gasteiger partial charge in [0, 0.05) is 21.7 Å². The Labute approximate surface area is 149 Å². The molecule has 0 saturated carbocycles. The van der Waals surface area contributed by atoms with Gasteiger partial charge in [0.1, 0.15) is 6.10 Å². The molecule has 1 atom stereocenters. The van der Waals surface area contributed by atoms with Crippen molar-refractivity contribution in [2.75, 3.05) is 5.32 Å². The molecule has 0 unspecified atom stereocenters. The van der Waals surface area contributed by atoms with Crippen molar-refractivity contribution in [2.24, 2.45) is 0 Å². The lowest BCUT2D eigenvalue weighted by molar-refractivity contribution is -0.118. The molecule has 25 heavy (non-hydrogen) atoms. The maximum Gasteiger partial charge on any atom is 0.339 e. The van der Waals surface area contributed by atoms with Crippen LogP contribution in [0.5, 0.6) is 0 Å². The van der Waals surface area contributed by atoms with Gasteiger partial charge < -0.3 is 10.1 Å². The van der Waals surface area contributed by atoms with Crippen molar-refractivity contribution in [1.29, 1.82) is 0 Å². The van der Waals surface area contributed by atoms with Crippen LogP contribution in [0.25, 0.3) is 10.4 Å². The fourth-order valence-electron chi connectivity index (χ4n) is 2.98. The zero-order valence-corrected chi connectivity index (χ0v) is 14.1. The molecule has 0 aliphatic carbocycles. The van der Waals surface area contributed by atoms with Crippen LogP contribution >= 0.6 is 11.3 Å². The number of anilines is 1. The van der Waals surface area contributed by atoms with Crippen LogP contribution in [0.4, 0.5) is 5.69 Å². The number of para-hydroxylation sites is 1. The second-order valence-electron chi connectivity index (χ2n) is 5.76. The lowest BCUT2D eigenvalue weighted by atomic mass is 10.0. The first-order valence-corrected chi connectivity index (χ1v) is 8.83. The van der Waals surface area contributed by atoms with Gasteiger partial charge >= 0.3 is 5.97 Å². The summed E-state index contributed by atoms with van der Waals surface area (Å²) in [4.78, 5) is 25.5. The molecule has 1 N–H and O–H groups in total. The lowest BCUT2D eigenvalue weighted by Crippen LogP contribution is -2.16. The first-order valence-electron chi connectivity index (χ1n) is 7.95. The van der Waals surface area contributed by atoms with E-state index in [1.165, 1.54) is 0 Å². The topological polar surface area (TPSA) is 55.4 Å². The van der Waals surface area contributed by atoms with Crippen LogP contribution in [0.1, 0.15) is 28.4 Å². The van der Waals surface area contributed by atoms with E-state index in [0.717, 1.165) is 21.7 Å². The SMILES string of the molecule is O=C(C[C@H]1OC(=O)c2ccccc21)Nc1ccccc1-c1cccs1. The van der Waals surface area contributed by atoms with Crippen LogP contribution in [0.2, 0.25) is 0 Å². The molecule has 2 aromatic carbocycles. The minimum atomic E-state index is -0.530. The van der Waals surface area contributed by atoms with Gasteiger partial charge in [0.05, 0.1) is 12.0 Å². The highest BCUT2D eigenvalue weighted by Gasteiger charge is 2.32. The fraction of sp³-hybridized carbons (Fsp3) is 0.100. The number of hydrogen-bond donors (Lipinski definition) is 1. The number of nitrogens with one attached hydrogen (secondary N) is 1. The quantitative estimate of drug-likeness (QED) is 0.697. The number of fused-ring (bicyclic) bond motifs is 1. The molecule has 4 rings (SSSR count). The molecular weight excluding hydrogens is 334 g/mol. The van der Waals surface area contributed by atoms with E-state index in [4.69, 9.17) is 4.74 Å². The molecular formula is C20H15NO3S. The smallest absolute Gasteiger partial charge is 0.339 e. The highest BCUT2D eigenvalue weighted by molar-refractivity contribution is 7.13. The summed E-state index contributed by atoms with van der Waals surface area (Å²) in [5.74, 6) is -0.550. The number of thiophene rings is 1. The van der Waals surface area contributed by atoms with E-state index in [2.05, 4.69) is 5.32 Å². The Morgan fingerprint density at radius 2 is 1.76 bits per heavy atom. The summed E-state index contributed by atoms with van der Waals surface area (Å²) in [6.45, 7) is 0. The zero-order chi connectivity index (χ0) is 17.2. The first kappa shape index (κ1) is 15.6. The van der Waals surface area contributed by atoms with Gasteiger partial charge in [0.15, 0.2) is 0 Å². The average Bonchev–Trinajstić information content (AvgIpc) is 3.25. The third-order valence-corrected chi connectivity index (χ3v) is 5.04. The molecule has 1 aliphatic rings. The number of cyclic esters (lactones) is 1. The minimum absolute atomic E-state index is 0.0987. The van der Waals surface area contributed by atoms with Gasteiger partial charge in [-0.15, -0.1) is 11.3 Å². The summed E-state index contributed by atoms with van der Waals surface area (Å²) in [5, 5.41) is 4.95. The molecule has 2 heterocycles. The van der Waals surface area contributed by atoms with Gasteiger partial charge in [-0.25, -0.2) is 4.79 Å². The van der Waals surface area contributed by atoms with Crippen molar-refractivity contribution in [2.45, 2.75) is 12.5 Å². The standard InChI is InChI=1S/C20H15NO3S/c22-19(12-17-13-6-1-2-7-14(13)20(23)24-17)21-16-9-4-3-8-15(16)18-10-5-11-25-18/h1-11,17H,12H2,(H,21,22)/t17-/m1/s1. The van der Waals surface area contributed by atoms with Crippen LogP contribution in [0.15, 0.2) is 66.0 Å². The van der Waals surface area contributed by atoms with Gasteiger partial charge in [-0.05, 0) is 23.6 Å². The number of rotatable bonds is 4. The van der Waals surface area contributed by atoms with Crippen molar-refractivity contribution < 1.29 is 14.3 Å². The van der Waals surface area contributed by atoms with Crippen LogP contribution < -0.4 is 5.32 Å². The predicted octanol–water partition coefficient (Wildman–Crippen LogP) is 4.66. The molecule has 124 valence electrons. The second kappa shape index (κ2) is 6.53. The van der Waals surface area contributed by atoms with E-state index in [0.29, 0.717) is 5.56 Å². The summed E-state index contributed by atoms with van der Waals surface area (Å²) in [6.07, 6.45) is -0.431. The van der Waals surface area contributed by atoms with E-state index >= 15 is 0 Å². The summed E-state index contributed by atoms with van der Waals surface area (Å²) < 4.78 is 5.34. The van der Waals surface area contributed by atoms with E-state index in [-0.39, 0.29) is 18.3 Å². The summed E-state index contributed by atoms with van der Waals surface area (Å²) in [5.41, 5.74) is 3.05. The number of benzene rings is 2. The molecule has 0 spiro atoms. The molecule has 0 fully saturated rings. The molecule has 0 saturated heterocycles. The molecule has 5 heteroatoms. The number of amides is 1. The highest BCUT2D eigenvalue weighted by atomic mass is 32.1. The largest absolute Gasteiger partial charge is 0.453 e. The van der Waals surface area contributed by atoms with Crippen LogP contribution in [-0.4, -0.2) is 11.9 Å². The van der Waals surface area contributed by atoms with Crippen LogP contribution in [0, 0.1) is 0 Å². The van der Waals surface area contributed by atoms with E-state index in [1.54, 1.807) is 23.5 Å². The number of ether oxygens (including phenoxy) is 1. The van der Waals surface area contributed by atoms with Gasteiger partial charge in [-0.3, -0.25) is 4.79 Å². The van der Waals surface area contributed by atoms with E-state index < -0.39 is 6.10 Å². The van der Waals surface area contributed by atoms with Crippen molar-refractivity contribution in [3.63, 3.8) is 0 Å². The number of hydrogen-bond acceptors (Lipinski definition) is 4.